The van der Waals surface area contributed by atoms with Gasteiger partial charge in [0.05, 0.1) is 0 Å². The van der Waals surface area contributed by atoms with Crippen LogP contribution in [0.2, 0.25) is 0 Å². The van der Waals surface area contributed by atoms with Gasteiger partial charge < -0.3 is 14.2 Å². The molecule has 0 bridgehead atoms. The summed E-state index contributed by atoms with van der Waals surface area (Å²) >= 11 is 0. The Labute approximate surface area is 355 Å². The van der Waals surface area contributed by atoms with Crippen LogP contribution in [-0.4, -0.2) is 37.2 Å². The lowest BCUT2D eigenvalue weighted by Crippen LogP contribution is -2.30. The van der Waals surface area contributed by atoms with Crippen molar-refractivity contribution in [3.8, 4) is 0 Å². The monoisotopic (exact) mass is 807 g/mol. The number of esters is 3. The fourth-order valence-corrected chi connectivity index (χ4v) is 7.69. The molecule has 0 radical (unpaired) electrons. The van der Waals surface area contributed by atoms with Gasteiger partial charge in [0.1, 0.15) is 13.2 Å². The molecule has 0 aliphatic carbocycles. The highest BCUT2D eigenvalue weighted by atomic mass is 16.6. The number of ether oxygens (including phenoxy) is 3. The van der Waals surface area contributed by atoms with E-state index in [9.17, 15) is 14.4 Å². The summed E-state index contributed by atoms with van der Waals surface area (Å²) < 4.78 is 16.8. The number of rotatable bonds is 46. The molecule has 0 fully saturated rings. The van der Waals surface area contributed by atoms with Gasteiger partial charge in [0.15, 0.2) is 6.10 Å². The van der Waals surface area contributed by atoms with Gasteiger partial charge in [-0.15, -0.1) is 0 Å². The van der Waals surface area contributed by atoms with E-state index in [1.54, 1.807) is 0 Å². The minimum absolute atomic E-state index is 0.0629. The third-order valence-electron chi connectivity index (χ3n) is 11.5. The highest BCUT2D eigenvalue weighted by Gasteiger charge is 2.19. The van der Waals surface area contributed by atoms with Gasteiger partial charge in [-0.2, -0.15) is 0 Å². The molecule has 0 amide bonds. The first kappa shape index (κ1) is 55.4. The van der Waals surface area contributed by atoms with Crippen molar-refractivity contribution in [3.05, 3.63) is 0 Å². The predicted octanol–water partition coefficient (Wildman–Crippen LogP) is 16.3. The second-order valence-electron chi connectivity index (χ2n) is 17.9. The first-order valence-corrected chi connectivity index (χ1v) is 25.4. The van der Waals surface area contributed by atoms with E-state index in [1.807, 2.05) is 0 Å². The molecule has 0 aliphatic heterocycles. The van der Waals surface area contributed by atoms with Crippen LogP contribution in [0, 0.1) is 5.92 Å². The standard InChI is InChI=1S/C51H98O6/c1-5-7-9-11-13-15-16-23-28-32-36-40-44-51(54)57-48(45-55-49(52)42-38-34-30-25-14-12-10-8-6-2)46-56-50(53)43-39-35-31-27-24-21-19-17-18-20-22-26-29-33-37-41-47(3)4/h47-48H,5-46H2,1-4H3/t48-/m0/s1. The molecule has 0 aliphatic rings. The van der Waals surface area contributed by atoms with Crippen LogP contribution in [0.4, 0.5) is 0 Å². The highest BCUT2D eigenvalue weighted by molar-refractivity contribution is 5.71. The Morgan fingerprint density at radius 3 is 0.860 bits per heavy atom. The van der Waals surface area contributed by atoms with Gasteiger partial charge in [-0.25, -0.2) is 0 Å². The van der Waals surface area contributed by atoms with Crippen molar-refractivity contribution in [2.24, 2.45) is 5.92 Å². The van der Waals surface area contributed by atoms with Crippen LogP contribution in [0.15, 0.2) is 0 Å². The van der Waals surface area contributed by atoms with Gasteiger partial charge in [0, 0.05) is 19.3 Å². The smallest absolute Gasteiger partial charge is 0.306 e. The van der Waals surface area contributed by atoms with E-state index >= 15 is 0 Å². The van der Waals surface area contributed by atoms with Gasteiger partial charge >= 0.3 is 17.9 Å². The van der Waals surface area contributed by atoms with Crippen LogP contribution in [-0.2, 0) is 28.6 Å². The summed E-state index contributed by atoms with van der Waals surface area (Å²) in [6, 6.07) is 0. The molecule has 0 unspecified atom stereocenters. The molecule has 0 saturated heterocycles. The molecule has 0 aromatic rings. The van der Waals surface area contributed by atoms with Crippen molar-refractivity contribution < 1.29 is 28.6 Å². The van der Waals surface area contributed by atoms with Crippen LogP contribution < -0.4 is 0 Å². The minimum atomic E-state index is -0.759. The minimum Gasteiger partial charge on any atom is -0.462 e. The molecule has 57 heavy (non-hydrogen) atoms. The molecular formula is C51H98O6. The van der Waals surface area contributed by atoms with Crippen LogP contribution in [0.25, 0.3) is 0 Å². The molecule has 338 valence electrons. The molecule has 1 atom stereocenters. The average Bonchev–Trinajstić information content (AvgIpc) is 3.19. The lowest BCUT2D eigenvalue weighted by atomic mass is 10.0. The van der Waals surface area contributed by atoms with Crippen LogP contribution in [0.1, 0.15) is 285 Å². The Balaban J connectivity index is 4.23. The first-order chi connectivity index (χ1) is 27.9. The Kier molecular flexibility index (Phi) is 44.2. The largest absolute Gasteiger partial charge is 0.462 e. The maximum absolute atomic E-state index is 12.7. The van der Waals surface area contributed by atoms with Crippen LogP contribution in [0.5, 0.6) is 0 Å². The number of unbranched alkanes of at least 4 members (excludes halogenated alkanes) is 33. The lowest BCUT2D eigenvalue weighted by molar-refractivity contribution is -0.167. The van der Waals surface area contributed by atoms with Crippen molar-refractivity contribution in [2.45, 2.75) is 291 Å². The van der Waals surface area contributed by atoms with E-state index in [-0.39, 0.29) is 31.1 Å². The van der Waals surface area contributed by atoms with E-state index < -0.39 is 6.10 Å². The Hall–Kier alpha value is -1.59. The maximum atomic E-state index is 12.7. The molecule has 0 saturated carbocycles. The molecule has 0 aromatic carbocycles. The lowest BCUT2D eigenvalue weighted by Gasteiger charge is -2.18. The molecule has 0 spiro atoms. The Morgan fingerprint density at radius 2 is 0.579 bits per heavy atom. The molecule has 0 heterocycles. The van der Waals surface area contributed by atoms with Gasteiger partial charge in [0.2, 0.25) is 0 Å². The third-order valence-corrected chi connectivity index (χ3v) is 11.5. The van der Waals surface area contributed by atoms with Gasteiger partial charge in [-0.3, -0.25) is 14.4 Å². The second kappa shape index (κ2) is 45.5. The number of hydrogen-bond donors (Lipinski definition) is 0. The summed E-state index contributed by atoms with van der Waals surface area (Å²) in [6.07, 6.45) is 46.6. The van der Waals surface area contributed by atoms with E-state index in [4.69, 9.17) is 14.2 Å². The summed E-state index contributed by atoms with van der Waals surface area (Å²) in [5.74, 6) is 0.000704. The Morgan fingerprint density at radius 1 is 0.333 bits per heavy atom. The summed E-state index contributed by atoms with van der Waals surface area (Å²) in [6.45, 7) is 9.01. The topological polar surface area (TPSA) is 78.9 Å². The zero-order valence-electron chi connectivity index (χ0n) is 38.8. The highest BCUT2D eigenvalue weighted by Crippen LogP contribution is 2.17. The summed E-state index contributed by atoms with van der Waals surface area (Å²) in [7, 11) is 0. The van der Waals surface area contributed by atoms with Crippen LogP contribution in [0.3, 0.4) is 0 Å². The van der Waals surface area contributed by atoms with Crippen molar-refractivity contribution in [1.82, 2.24) is 0 Å². The molecule has 0 aromatic heterocycles. The van der Waals surface area contributed by atoms with Crippen LogP contribution >= 0.6 is 0 Å². The van der Waals surface area contributed by atoms with Gasteiger partial charge in [-0.05, 0) is 25.2 Å². The fourth-order valence-electron chi connectivity index (χ4n) is 7.69. The van der Waals surface area contributed by atoms with Crippen molar-refractivity contribution >= 4 is 17.9 Å². The number of carbonyl (C=O) groups excluding carboxylic acids is 3. The number of hydrogen-bond acceptors (Lipinski definition) is 6. The molecule has 6 nitrogen and oxygen atoms in total. The van der Waals surface area contributed by atoms with Crippen molar-refractivity contribution in [3.63, 3.8) is 0 Å². The number of carbonyl (C=O) groups is 3. The van der Waals surface area contributed by atoms with Gasteiger partial charge in [0.25, 0.3) is 0 Å². The molecule has 6 heteroatoms. The predicted molar refractivity (Wildman–Crippen MR) is 243 cm³/mol. The third kappa shape index (κ3) is 45.3. The zero-order valence-corrected chi connectivity index (χ0v) is 38.8. The van der Waals surface area contributed by atoms with Gasteiger partial charge in [-0.1, -0.05) is 246 Å². The fraction of sp³-hybridized carbons (Fsp3) is 0.941. The molecule has 0 N–H and O–H groups in total. The van der Waals surface area contributed by atoms with E-state index in [0.29, 0.717) is 19.3 Å². The normalized spacial score (nSPS) is 11.9. The van der Waals surface area contributed by atoms with E-state index in [2.05, 4.69) is 27.7 Å². The SMILES string of the molecule is CCCCCCCCCCCCCCC(=O)O[C@@H](COC(=O)CCCCCCCCCCC)COC(=O)CCCCCCCCCCCCCCCCCC(C)C. The summed E-state index contributed by atoms with van der Waals surface area (Å²) in [4.78, 5) is 37.8. The average molecular weight is 807 g/mol. The Bertz CT molecular complexity index is 857. The molecular weight excluding hydrogens is 709 g/mol. The summed E-state index contributed by atoms with van der Waals surface area (Å²) in [5, 5.41) is 0. The zero-order chi connectivity index (χ0) is 41.7. The van der Waals surface area contributed by atoms with E-state index in [0.717, 1.165) is 63.7 Å². The summed E-state index contributed by atoms with van der Waals surface area (Å²) in [5.41, 5.74) is 0. The van der Waals surface area contributed by atoms with E-state index in [1.165, 1.54) is 180 Å². The quantitative estimate of drug-likeness (QED) is 0.0346. The van der Waals surface area contributed by atoms with Crippen molar-refractivity contribution in [2.75, 3.05) is 13.2 Å². The molecule has 0 rings (SSSR count). The first-order valence-electron chi connectivity index (χ1n) is 25.4. The van der Waals surface area contributed by atoms with Crippen molar-refractivity contribution in [1.29, 1.82) is 0 Å². The second-order valence-corrected chi connectivity index (χ2v) is 17.9. The maximum Gasteiger partial charge on any atom is 0.306 e.